The van der Waals surface area contributed by atoms with Gasteiger partial charge in [0.2, 0.25) is 0 Å². The van der Waals surface area contributed by atoms with Crippen molar-refractivity contribution < 1.29 is 9.90 Å². The summed E-state index contributed by atoms with van der Waals surface area (Å²) in [5.74, 6) is -0.706. The number of carbonyl (C=O) groups excluding carboxylic acids is 1. The van der Waals surface area contributed by atoms with Gasteiger partial charge in [0, 0.05) is 0 Å². The Hall–Kier alpha value is -1.05. The van der Waals surface area contributed by atoms with Gasteiger partial charge in [0.1, 0.15) is 0 Å². The van der Waals surface area contributed by atoms with Crippen LogP contribution >= 0.6 is 0 Å². The first-order valence-electron chi connectivity index (χ1n) is 4.01. The molecule has 0 amide bonds. The molecule has 0 atom stereocenters. The maximum absolute atomic E-state index is 10.3. The Balaban J connectivity index is 4.05. The Labute approximate surface area is 73.6 Å². The highest BCUT2D eigenvalue weighted by Gasteiger charge is 1.97. The third kappa shape index (κ3) is 3.96. The molecule has 0 heterocycles. The van der Waals surface area contributed by atoms with E-state index in [1.165, 1.54) is 6.92 Å². The third-order valence-corrected chi connectivity index (χ3v) is 1.81. The Kier molecular flexibility index (Phi) is 4.34. The Bertz CT molecular complexity index is 212. The van der Waals surface area contributed by atoms with Gasteiger partial charge >= 0.3 is 0 Å². The molecule has 0 N–H and O–H groups in total. The van der Waals surface area contributed by atoms with Crippen LogP contribution in [0.5, 0.6) is 0 Å². The number of allylic oxidation sites excluding steroid dienone is 2. The van der Waals surface area contributed by atoms with Crippen molar-refractivity contribution in [3.63, 3.8) is 0 Å². The van der Waals surface area contributed by atoms with Crippen LogP contribution in [-0.2, 0) is 4.79 Å². The summed E-state index contributed by atoms with van der Waals surface area (Å²) in [6, 6.07) is 0. The van der Waals surface area contributed by atoms with E-state index in [2.05, 4.69) is 6.58 Å². The van der Waals surface area contributed by atoms with Crippen LogP contribution in [0.15, 0.2) is 23.8 Å². The van der Waals surface area contributed by atoms with Crippen molar-refractivity contribution in [3.05, 3.63) is 23.8 Å². The van der Waals surface area contributed by atoms with Crippen LogP contribution in [0.3, 0.4) is 0 Å². The molecule has 68 valence electrons. The highest BCUT2D eigenvalue weighted by atomic mass is 16.4. The van der Waals surface area contributed by atoms with Crippen molar-refractivity contribution in [1.82, 2.24) is 0 Å². The van der Waals surface area contributed by atoms with Gasteiger partial charge in [-0.3, -0.25) is 0 Å². The van der Waals surface area contributed by atoms with Gasteiger partial charge in [0.05, 0.1) is 5.97 Å². The normalized spacial score (nSPS) is 11.8. The topological polar surface area (TPSA) is 40.1 Å². The molecule has 0 saturated carbocycles. The molecule has 0 saturated heterocycles. The summed E-state index contributed by atoms with van der Waals surface area (Å²) in [6.07, 6.45) is 2.26. The number of rotatable bonds is 4. The average Bonchev–Trinajstić information content (AvgIpc) is 1.98. The first-order valence-corrected chi connectivity index (χ1v) is 4.01. The van der Waals surface area contributed by atoms with Crippen LogP contribution in [0.2, 0.25) is 0 Å². The molecule has 0 aromatic carbocycles. The molecule has 0 unspecified atom stereocenters. The van der Waals surface area contributed by atoms with Gasteiger partial charge < -0.3 is 9.90 Å². The maximum atomic E-state index is 10.3. The number of hydrogen-bond donors (Lipinski definition) is 0. The monoisotopic (exact) mass is 167 g/mol. The Morgan fingerprint density at radius 2 is 2.08 bits per heavy atom. The van der Waals surface area contributed by atoms with Crippen LogP contribution in [-0.4, -0.2) is 5.97 Å². The molecule has 0 bridgehead atoms. The highest BCUT2D eigenvalue weighted by molar-refractivity contribution is 5.83. The second-order valence-electron chi connectivity index (χ2n) is 3.19. The summed E-state index contributed by atoms with van der Waals surface area (Å²) >= 11 is 0. The number of hydrogen-bond acceptors (Lipinski definition) is 2. The lowest BCUT2D eigenvalue weighted by Gasteiger charge is -2.07. The third-order valence-electron chi connectivity index (χ3n) is 1.81. The van der Waals surface area contributed by atoms with Crippen molar-refractivity contribution in [2.75, 3.05) is 0 Å². The van der Waals surface area contributed by atoms with E-state index in [4.69, 9.17) is 0 Å². The van der Waals surface area contributed by atoms with Gasteiger partial charge in [0.25, 0.3) is 0 Å². The molecular weight excluding hydrogens is 152 g/mol. The molecule has 0 radical (unpaired) electrons. The molecule has 2 nitrogen and oxygen atoms in total. The van der Waals surface area contributed by atoms with E-state index >= 15 is 0 Å². The fourth-order valence-corrected chi connectivity index (χ4v) is 0.603. The summed E-state index contributed by atoms with van der Waals surface area (Å²) in [4.78, 5) is 10.3. The van der Waals surface area contributed by atoms with E-state index in [1.807, 2.05) is 13.8 Å². The van der Waals surface area contributed by atoms with E-state index in [9.17, 15) is 9.90 Å². The quantitative estimate of drug-likeness (QED) is 0.467. The van der Waals surface area contributed by atoms with Gasteiger partial charge in [-0.1, -0.05) is 32.1 Å². The minimum Gasteiger partial charge on any atom is -0.545 e. The van der Waals surface area contributed by atoms with Gasteiger partial charge in [0.15, 0.2) is 0 Å². The lowest BCUT2D eigenvalue weighted by molar-refractivity contribution is -0.299. The van der Waals surface area contributed by atoms with Crippen molar-refractivity contribution in [3.8, 4) is 0 Å². The van der Waals surface area contributed by atoms with Gasteiger partial charge in [-0.25, -0.2) is 0 Å². The molecule has 0 aromatic rings. The zero-order valence-corrected chi connectivity index (χ0v) is 7.89. The molecule has 0 spiro atoms. The molecule has 12 heavy (non-hydrogen) atoms. The predicted molar refractivity (Wildman–Crippen MR) is 47.4 cm³/mol. The molecule has 0 fully saturated rings. The molecule has 0 aromatic heterocycles. The zero-order valence-electron chi connectivity index (χ0n) is 7.89. The first-order chi connectivity index (χ1) is 5.45. The van der Waals surface area contributed by atoms with Crippen molar-refractivity contribution in [1.29, 1.82) is 0 Å². The van der Waals surface area contributed by atoms with Crippen molar-refractivity contribution >= 4 is 5.97 Å². The maximum Gasteiger partial charge on any atom is 0.0668 e. The Morgan fingerprint density at radius 3 is 2.42 bits per heavy atom. The molecular formula is C10H15O2-. The van der Waals surface area contributed by atoms with Gasteiger partial charge in [-0.2, -0.15) is 0 Å². The second kappa shape index (κ2) is 4.75. The minimum atomic E-state index is -1.11. The molecule has 0 aliphatic carbocycles. The van der Waals surface area contributed by atoms with Gasteiger partial charge in [-0.15, -0.1) is 0 Å². The van der Waals surface area contributed by atoms with Crippen LogP contribution in [0, 0.1) is 5.92 Å². The van der Waals surface area contributed by atoms with Crippen LogP contribution in [0.25, 0.3) is 0 Å². The summed E-state index contributed by atoms with van der Waals surface area (Å²) in [5.41, 5.74) is 1.31. The average molecular weight is 167 g/mol. The van der Waals surface area contributed by atoms with Crippen LogP contribution in [0.4, 0.5) is 0 Å². The summed E-state index contributed by atoms with van der Waals surface area (Å²) in [6.45, 7) is 9.42. The molecule has 2 heteroatoms. The lowest BCUT2D eigenvalue weighted by Crippen LogP contribution is -2.23. The van der Waals surface area contributed by atoms with Crippen molar-refractivity contribution in [2.24, 2.45) is 5.92 Å². The van der Waals surface area contributed by atoms with Gasteiger partial charge in [-0.05, 0) is 24.8 Å². The largest absolute Gasteiger partial charge is 0.545 e. The molecule has 0 rings (SSSR count). The smallest absolute Gasteiger partial charge is 0.0668 e. The number of aliphatic carboxylic acids is 1. The van der Waals surface area contributed by atoms with Crippen LogP contribution in [0.1, 0.15) is 27.2 Å². The molecule has 0 aliphatic heterocycles. The fourth-order valence-electron chi connectivity index (χ4n) is 0.603. The van der Waals surface area contributed by atoms with Crippen LogP contribution < -0.4 is 5.11 Å². The molecule has 0 aliphatic rings. The SMILES string of the molecule is C=C(C/C=C(/C)C(=O)[O-])C(C)C. The van der Waals surface area contributed by atoms with E-state index < -0.39 is 5.97 Å². The lowest BCUT2D eigenvalue weighted by atomic mass is 10.0. The van der Waals surface area contributed by atoms with E-state index in [-0.39, 0.29) is 5.57 Å². The number of carbonyl (C=O) groups is 1. The fraction of sp³-hybridized carbons (Fsp3) is 0.500. The first kappa shape index (κ1) is 11.0. The number of carboxylic acids is 1. The van der Waals surface area contributed by atoms with E-state index in [1.54, 1.807) is 6.08 Å². The van der Waals surface area contributed by atoms with E-state index in [0.29, 0.717) is 12.3 Å². The summed E-state index contributed by atoms with van der Waals surface area (Å²) in [5, 5.41) is 10.3. The second-order valence-corrected chi connectivity index (χ2v) is 3.19. The number of carboxylic acid groups (broad SMARTS) is 1. The Morgan fingerprint density at radius 1 is 1.58 bits per heavy atom. The predicted octanol–water partition coefficient (Wildman–Crippen LogP) is 1.28. The standard InChI is InChI=1S/C10H16O2/c1-7(2)8(3)5-6-9(4)10(11)12/h6-7H,3,5H2,1-2,4H3,(H,11,12)/p-1/b9-6-. The zero-order chi connectivity index (χ0) is 9.72. The van der Waals surface area contributed by atoms with Crippen molar-refractivity contribution in [2.45, 2.75) is 27.2 Å². The minimum absolute atomic E-state index is 0.275. The highest BCUT2D eigenvalue weighted by Crippen LogP contribution is 2.12. The van der Waals surface area contributed by atoms with E-state index in [0.717, 1.165) is 5.57 Å². The summed E-state index contributed by atoms with van der Waals surface area (Å²) < 4.78 is 0. The summed E-state index contributed by atoms with van der Waals surface area (Å²) in [7, 11) is 0.